The monoisotopic (exact) mass is 798 g/mol. The fraction of sp³-hybridized carbons (Fsp3) is 1.00. The van der Waals surface area contributed by atoms with E-state index in [0.29, 0.717) is 13.1 Å². The van der Waals surface area contributed by atoms with Crippen molar-refractivity contribution in [1.29, 1.82) is 0 Å². The third-order valence-electron chi connectivity index (χ3n) is 6.42. The van der Waals surface area contributed by atoms with Crippen molar-refractivity contribution < 1.29 is 63.5 Å². The molecule has 8 radical (unpaired) electrons. The molecule has 0 aromatic heterocycles. The van der Waals surface area contributed by atoms with Crippen LogP contribution in [0.3, 0.4) is 0 Å². The molecule has 49 heavy (non-hydrogen) atoms. The zero-order chi connectivity index (χ0) is 37.2. The summed E-state index contributed by atoms with van der Waals surface area (Å²) in [4.78, 5) is 4.09. The van der Waals surface area contributed by atoms with Crippen molar-refractivity contribution in [3.63, 3.8) is 0 Å². The molecule has 282 valence electrons. The minimum atomic E-state index is -2.94. The number of rotatable bonds is 6. The molecule has 4 rings (SSSR count). The topological polar surface area (TPSA) is 205 Å². The molecule has 15 nitrogen and oxygen atoms in total. The quantitative estimate of drug-likeness (QED) is 0.123. The molecule has 0 saturated carbocycles. The van der Waals surface area contributed by atoms with Crippen molar-refractivity contribution in [2.24, 2.45) is 0 Å². The van der Waals surface area contributed by atoms with E-state index in [1.807, 2.05) is 19.0 Å². The molecule has 4 aliphatic rings. The van der Waals surface area contributed by atoms with E-state index in [0.717, 1.165) is 26.2 Å². The highest BCUT2D eigenvalue weighted by molar-refractivity contribution is 8.08. The lowest BCUT2D eigenvalue weighted by molar-refractivity contribution is -0.680. The van der Waals surface area contributed by atoms with Gasteiger partial charge in [0, 0.05) is 57.5 Å². The highest BCUT2D eigenvalue weighted by Gasteiger charge is 2.39. The molecule has 4 heterocycles. The second kappa shape index (κ2) is 26.8. The van der Waals surface area contributed by atoms with Crippen molar-refractivity contribution in [3.8, 4) is 0 Å². The van der Waals surface area contributed by atoms with Crippen LogP contribution in [-0.4, -0.2) is 220 Å². The summed E-state index contributed by atoms with van der Waals surface area (Å²) in [5, 5.41) is 45.9. The van der Waals surface area contributed by atoms with Crippen molar-refractivity contribution in [2.45, 2.75) is 68.1 Å². The lowest BCUT2D eigenvalue weighted by Gasteiger charge is -2.34. The molecule has 0 aromatic rings. The van der Waals surface area contributed by atoms with Crippen LogP contribution in [0.1, 0.15) is 7.43 Å². The first-order valence-corrected chi connectivity index (χ1v) is 21.9. The van der Waals surface area contributed by atoms with Crippen LogP contribution in [0, 0.1) is 0 Å². The first-order chi connectivity index (χ1) is 22.1. The molecule has 0 amide bonds. The first-order valence-electron chi connectivity index (χ1n) is 15.0. The zero-order valence-corrected chi connectivity index (χ0v) is 31.8. The van der Waals surface area contributed by atoms with Gasteiger partial charge in [-0.15, -0.1) is 0 Å². The van der Waals surface area contributed by atoms with Gasteiger partial charge in [-0.2, -0.15) is 0 Å². The number of nitrogens with zero attached hydrogens (tertiary/aromatic N) is 2. The number of quaternary nitrogens is 1. The fourth-order valence-corrected chi connectivity index (χ4v) is 4.99. The summed E-state index contributed by atoms with van der Waals surface area (Å²) in [6.45, 7) is 4.26. The van der Waals surface area contributed by atoms with Crippen LogP contribution >= 0.6 is 46.3 Å². The van der Waals surface area contributed by atoms with E-state index in [2.05, 4.69) is 10.2 Å². The molecular formula is C25H53B4Cl3N3O12P2+. The normalized spacial score (nSPS) is 34.8. The van der Waals surface area contributed by atoms with E-state index in [9.17, 15) is 9.13 Å². The number of nitrogens with two attached hydrogens (primary N) is 1. The highest BCUT2D eigenvalue weighted by atomic mass is 35.9. The average Bonchev–Trinajstić information content (AvgIpc) is 3.21. The second-order valence-corrected chi connectivity index (χ2v) is 21.0. The van der Waals surface area contributed by atoms with Crippen LogP contribution in [0.5, 0.6) is 0 Å². The molecule has 7 N–H and O–H groups in total. The zero-order valence-electron chi connectivity index (χ0n) is 27.7. The molecule has 11 atom stereocenters. The Morgan fingerprint density at radius 2 is 1.18 bits per heavy atom. The van der Waals surface area contributed by atoms with Crippen LogP contribution in [0.4, 0.5) is 0 Å². The van der Waals surface area contributed by atoms with Gasteiger partial charge in [-0.1, -0.05) is 7.43 Å². The van der Waals surface area contributed by atoms with Crippen LogP contribution in [0.15, 0.2) is 0 Å². The first kappa shape index (κ1) is 52.2. The Hall–Kier alpha value is 1.07. The summed E-state index contributed by atoms with van der Waals surface area (Å²) in [7, 11) is 25.7. The predicted octanol–water partition coefficient (Wildman–Crippen LogP) is -2.35. The standard InChI is InChI=1S/C7H14BClNO3P.C6H12BNO2.C5H10BNO2.C5H9BO4.CH3Cl2OP.CH4/c1-10-3-6(13-7(8)4-10)5-12-14(2,9)11;1-8-2-5(4-9)10-6(7)3-8;6-5-2-7-1-4(3-8)9-5;6-5-4(9)3(8)2(1-7)10-5;1-5(2,3)4;/h6-7H,3-5H2,1-2H3;5-6,9H,2-4H2,1H3;4-5,7-8H,1-3H2;2-5,7-9H,1H2;1H3;1H4/p+1. The summed E-state index contributed by atoms with van der Waals surface area (Å²) < 4.78 is 46.3. The van der Waals surface area contributed by atoms with Crippen molar-refractivity contribution in [3.05, 3.63) is 0 Å². The molecule has 4 aliphatic heterocycles. The predicted molar refractivity (Wildman–Crippen MR) is 195 cm³/mol. The van der Waals surface area contributed by atoms with Crippen molar-refractivity contribution >= 4 is 77.7 Å². The molecule has 11 unspecified atom stereocenters. The molecule has 24 heteroatoms. The number of ether oxygens (including phenoxy) is 4. The van der Waals surface area contributed by atoms with Gasteiger partial charge in [0.1, 0.15) is 56.2 Å². The van der Waals surface area contributed by atoms with Crippen LogP contribution in [0.2, 0.25) is 0 Å². The van der Waals surface area contributed by atoms with Gasteiger partial charge < -0.3 is 64.1 Å². The molecule has 0 spiro atoms. The van der Waals surface area contributed by atoms with E-state index in [4.69, 9.17) is 114 Å². The van der Waals surface area contributed by atoms with Gasteiger partial charge in [-0.3, -0.25) is 9.13 Å². The van der Waals surface area contributed by atoms with Crippen LogP contribution in [0.25, 0.3) is 0 Å². The van der Waals surface area contributed by atoms with Gasteiger partial charge in [0.05, 0.1) is 57.3 Å². The third kappa shape index (κ3) is 27.3. The molecule has 0 bridgehead atoms. The Morgan fingerprint density at radius 3 is 1.51 bits per heavy atom. The Morgan fingerprint density at radius 1 is 0.735 bits per heavy atom. The van der Waals surface area contributed by atoms with Crippen LogP contribution < -0.4 is 5.32 Å². The number of hydrogen-bond acceptors (Lipinski definition) is 14. The number of aliphatic hydroxyl groups excluding tert-OH is 5. The maximum absolute atomic E-state index is 11.1. The number of likely N-dealkylation sites (N-methyl/N-ethyl adjacent to an activating group) is 2. The highest BCUT2D eigenvalue weighted by Crippen LogP contribution is 2.52. The number of halogens is 3. The molecule has 0 aromatic carbocycles. The van der Waals surface area contributed by atoms with E-state index in [-0.39, 0.29) is 70.2 Å². The molecule has 4 saturated heterocycles. The van der Waals surface area contributed by atoms with Crippen molar-refractivity contribution in [2.75, 3.05) is 93.1 Å². The summed E-state index contributed by atoms with van der Waals surface area (Å²) >= 11 is 15.2. The molecule has 0 aliphatic carbocycles. The van der Waals surface area contributed by atoms with Gasteiger partial charge in [0.25, 0.3) is 6.72 Å². The maximum atomic E-state index is 11.1. The summed E-state index contributed by atoms with van der Waals surface area (Å²) in [5.74, 6) is -2.69. The van der Waals surface area contributed by atoms with Crippen LogP contribution in [-0.2, 0) is 32.6 Å². The SMILES string of the molecule is C.CP(=O)(Cl)Cl.[B]C1CN(C)CC(CO)O1.[B]C1CN(C)CC(COP(C)(=O)Cl)O1.[B]C1C[NH2+]CC(CO)O1.[B]C1OC(CO)C(O)C1O. The Kier molecular flexibility index (Phi) is 28.5. The number of aliphatic hydroxyl groups is 5. The Labute approximate surface area is 311 Å². The van der Waals surface area contributed by atoms with Gasteiger partial charge in [0.15, 0.2) is 0 Å². The molecule has 4 fully saturated rings. The van der Waals surface area contributed by atoms with E-state index < -0.39 is 36.9 Å². The number of hydrogen-bond donors (Lipinski definition) is 6. The average molecular weight is 799 g/mol. The second-order valence-electron chi connectivity index (χ2n) is 11.5. The van der Waals surface area contributed by atoms with Gasteiger partial charge >= 0.3 is 0 Å². The van der Waals surface area contributed by atoms with Gasteiger partial charge in [0.2, 0.25) is 5.85 Å². The van der Waals surface area contributed by atoms with Gasteiger partial charge in [-0.05, 0) is 47.8 Å². The van der Waals surface area contributed by atoms with Gasteiger partial charge in [-0.25, -0.2) is 0 Å². The third-order valence-corrected chi connectivity index (χ3v) is 7.32. The maximum Gasteiger partial charge on any atom is 0.287 e. The van der Waals surface area contributed by atoms with E-state index in [1.54, 1.807) is 0 Å². The minimum Gasteiger partial charge on any atom is -0.394 e. The Balaban J connectivity index is 0. The van der Waals surface area contributed by atoms with E-state index >= 15 is 0 Å². The summed E-state index contributed by atoms with van der Waals surface area (Å²) in [6, 6.07) is -1.63. The lowest BCUT2D eigenvalue weighted by atomic mass is 9.93. The fourth-order valence-electron chi connectivity index (χ4n) is 4.38. The Bertz CT molecular complexity index is 933. The number of morpholine rings is 3. The minimum absolute atomic E-state index is 0. The van der Waals surface area contributed by atoms with Crippen molar-refractivity contribution in [1.82, 2.24) is 9.80 Å². The largest absolute Gasteiger partial charge is 0.394 e. The smallest absolute Gasteiger partial charge is 0.287 e. The van der Waals surface area contributed by atoms with E-state index in [1.165, 1.54) is 13.3 Å². The summed E-state index contributed by atoms with van der Waals surface area (Å²) in [5.41, 5.74) is 0. The lowest BCUT2D eigenvalue weighted by Crippen LogP contribution is -2.91. The molecular weight excluding hydrogens is 746 g/mol. The summed E-state index contributed by atoms with van der Waals surface area (Å²) in [6.07, 6.45) is -3.22.